The van der Waals surface area contributed by atoms with E-state index in [1.807, 2.05) is 0 Å². The van der Waals surface area contributed by atoms with E-state index in [9.17, 15) is 0 Å². The summed E-state index contributed by atoms with van der Waals surface area (Å²) in [6.07, 6.45) is 6.47. The Balaban J connectivity index is 0. The molecule has 0 aliphatic rings. The normalized spacial score (nSPS) is 14.7. The van der Waals surface area contributed by atoms with Crippen molar-refractivity contribution in [1.82, 2.24) is 0 Å². The summed E-state index contributed by atoms with van der Waals surface area (Å²) in [6, 6.07) is 0. The van der Waals surface area contributed by atoms with Gasteiger partial charge in [0.05, 0.1) is 0 Å². The summed E-state index contributed by atoms with van der Waals surface area (Å²) in [7, 11) is 0. The quantitative estimate of drug-likeness (QED) is 0.635. The van der Waals surface area contributed by atoms with Gasteiger partial charge in [-0.25, -0.2) is 0 Å². The smallest absolute Gasteiger partial charge is 0.0123 e. The molecule has 0 aliphatic heterocycles. The summed E-state index contributed by atoms with van der Waals surface area (Å²) in [6.45, 7) is 6.48. The molecule has 70 valence electrons. The van der Waals surface area contributed by atoms with Gasteiger partial charge in [-0.05, 0) is 26.0 Å². The maximum atomic E-state index is 5.90. The van der Waals surface area contributed by atoms with Crippen molar-refractivity contribution in [3.05, 3.63) is 0 Å². The molecule has 0 saturated carbocycles. The Hall–Kier alpha value is 0.310. The van der Waals surface area contributed by atoms with E-state index in [1.165, 1.54) is 19.3 Å². The molecular weight excluding hydrogens is 154 g/mol. The number of thiol groups is 1. The molecule has 0 rings (SSSR count). The van der Waals surface area contributed by atoms with Gasteiger partial charge in [0.25, 0.3) is 0 Å². The van der Waals surface area contributed by atoms with Crippen molar-refractivity contribution < 1.29 is 0 Å². The standard InChI is InChI=1S/C8H19N.CH4S/c1-4-6-7-8(3,9)5-2;1-2/h4-7,9H2,1-3H3;2H,1H3. The Morgan fingerprint density at radius 2 is 1.73 bits per heavy atom. The Labute approximate surface area is 77.2 Å². The van der Waals surface area contributed by atoms with Crippen LogP contribution in [0.3, 0.4) is 0 Å². The molecule has 0 radical (unpaired) electrons. The summed E-state index contributed by atoms with van der Waals surface area (Å²) in [4.78, 5) is 0. The van der Waals surface area contributed by atoms with E-state index in [4.69, 9.17) is 5.73 Å². The predicted octanol–water partition coefficient (Wildman–Crippen LogP) is 2.85. The molecule has 1 unspecified atom stereocenters. The highest BCUT2D eigenvalue weighted by Crippen LogP contribution is 2.13. The second kappa shape index (κ2) is 8.41. The fourth-order valence-corrected chi connectivity index (χ4v) is 0.757. The van der Waals surface area contributed by atoms with Crippen molar-refractivity contribution in [2.75, 3.05) is 6.26 Å². The number of hydrogen-bond acceptors (Lipinski definition) is 2. The number of hydrogen-bond donors (Lipinski definition) is 2. The van der Waals surface area contributed by atoms with Crippen molar-refractivity contribution in [2.45, 2.75) is 52.0 Å². The van der Waals surface area contributed by atoms with Crippen molar-refractivity contribution in [1.29, 1.82) is 0 Å². The van der Waals surface area contributed by atoms with Crippen LogP contribution in [0.15, 0.2) is 0 Å². The molecule has 0 fully saturated rings. The lowest BCUT2D eigenvalue weighted by atomic mass is 9.94. The average Bonchev–Trinajstić information content (AvgIpc) is 2.05. The first kappa shape index (κ1) is 13.9. The van der Waals surface area contributed by atoms with Crippen LogP contribution in [0.1, 0.15) is 46.5 Å². The van der Waals surface area contributed by atoms with Crippen LogP contribution in [0, 0.1) is 0 Å². The van der Waals surface area contributed by atoms with Crippen LogP contribution in [0.5, 0.6) is 0 Å². The first-order valence-corrected chi connectivity index (χ1v) is 5.25. The Morgan fingerprint density at radius 1 is 1.27 bits per heavy atom. The first-order chi connectivity index (χ1) is 5.12. The number of rotatable bonds is 4. The van der Waals surface area contributed by atoms with Gasteiger partial charge in [0.15, 0.2) is 0 Å². The third-order valence-electron chi connectivity index (χ3n) is 1.91. The molecule has 2 heteroatoms. The third kappa shape index (κ3) is 10.3. The van der Waals surface area contributed by atoms with Gasteiger partial charge in [-0.3, -0.25) is 0 Å². The highest BCUT2D eigenvalue weighted by atomic mass is 32.1. The van der Waals surface area contributed by atoms with E-state index < -0.39 is 0 Å². The molecule has 0 bridgehead atoms. The van der Waals surface area contributed by atoms with Gasteiger partial charge < -0.3 is 5.73 Å². The summed E-state index contributed by atoms with van der Waals surface area (Å²) in [5.74, 6) is 0. The zero-order chi connectivity index (χ0) is 9.33. The Morgan fingerprint density at radius 3 is 2.00 bits per heavy atom. The monoisotopic (exact) mass is 177 g/mol. The zero-order valence-corrected chi connectivity index (χ0v) is 9.25. The molecule has 2 N–H and O–H groups in total. The summed E-state index contributed by atoms with van der Waals surface area (Å²) < 4.78 is 0. The molecular formula is C9H23NS. The van der Waals surface area contributed by atoms with Crippen LogP contribution >= 0.6 is 12.6 Å². The maximum Gasteiger partial charge on any atom is 0.0123 e. The van der Waals surface area contributed by atoms with Gasteiger partial charge in [0.2, 0.25) is 0 Å². The largest absolute Gasteiger partial charge is 0.325 e. The first-order valence-electron chi connectivity index (χ1n) is 4.36. The van der Waals surface area contributed by atoms with Crippen LogP contribution in [0.4, 0.5) is 0 Å². The summed E-state index contributed by atoms with van der Waals surface area (Å²) in [5.41, 5.74) is 6.00. The maximum absolute atomic E-state index is 5.90. The molecule has 0 heterocycles. The van der Waals surface area contributed by atoms with Gasteiger partial charge in [-0.1, -0.05) is 26.7 Å². The van der Waals surface area contributed by atoms with Gasteiger partial charge in [-0.15, -0.1) is 0 Å². The van der Waals surface area contributed by atoms with E-state index in [-0.39, 0.29) is 5.54 Å². The lowest BCUT2D eigenvalue weighted by Gasteiger charge is -2.21. The van der Waals surface area contributed by atoms with E-state index >= 15 is 0 Å². The number of unbranched alkanes of at least 4 members (excludes halogenated alkanes) is 1. The molecule has 0 aliphatic carbocycles. The lowest BCUT2D eigenvalue weighted by Crippen LogP contribution is -2.34. The van der Waals surface area contributed by atoms with E-state index in [2.05, 4.69) is 33.4 Å². The second-order valence-corrected chi connectivity index (χ2v) is 3.11. The van der Waals surface area contributed by atoms with Crippen LogP contribution in [0.2, 0.25) is 0 Å². The molecule has 1 nitrogen and oxygen atoms in total. The van der Waals surface area contributed by atoms with Crippen molar-refractivity contribution in [3.63, 3.8) is 0 Å². The highest BCUT2D eigenvalue weighted by Gasteiger charge is 2.13. The lowest BCUT2D eigenvalue weighted by molar-refractivity contribution is 0.403. The highest BCUT2D eigenvalue weighted by molar-refractivity contribution is 7.79. The third-order valence-corrected chi connectivity index (χ3v) is 1.91. The van der Waals surface area contributed by atoms with Gasteiger partial charge in [0.1, 0.15) is 0 Å². The zero-order valence-electron chi connectivity index (χ0n) is 8.35. The molecule has 0 saturated heterocycles. The van der Waals surface area contributed by atoms with Crippen LogP contribution < -0.4 is 5.73 Å². The van der Waals surface area contributed by atoms with Crippen molar-refractivity contribution in [3.8, 4) is 0 Å². The van der Waals surface area contributed by atoms with Gasteiger partial charge in [-0.2, -0.15) is 12.6 Å². The van der Waals surface area contributed by atoms with E-state index in [0.717, 1.165) is 6.42 Å². The SMILES string of the molecule is CCCCC(C)(N)CC.CS. The molecule has 0 aromatic heterocycles. The molecule has 0 aromatic rings. The topological polar surface area (TPSA) is 26.0 Å². The average molecular weight is 177 g/mol. The van der Waals surface area contributed by atoms with E-state index in [1.54, 1.807) is 6.26 Å². The Kier molecular flexibility index (Phi) is 10.6. The fourth-order valence-electron chi connectivity index (χ4n) is 0.757. The fraction of sp³-hybridized carbons (Fsp3) is 1.00. The second-order valence-electron chi connectivity index (χ2n) is 3.11. The van der Waals surface area contributed by atoms with E-state index in [0.29, 0.717) is 0 Å². The van der Waals surface area contributed by atoms with Crippen LogP contribution in [0.25, 0.3) is 0 Å². The van der Waals surface area contributed by atoms with Crippen molar-refractivity contribution in [2.24, 2.45) is 5.73 Å². The minimum Gasteiger partial charge on any atom is -0.325 e. The Bertz CT molecular complexity index is 72.0. The summed E-state index contributed by atoms with van der Waals surface area (Å²) in [5, 5.41) is 0. The minimum atomic E-state index is 0.0933. The molecule has 0 aromatic carbocycles. The van der Waals surface area contributed by atoms with Crippen LogP contribution in [-0.4, -0.2) is 11.8 Å². The van der Waals surface area contributed by atoms with Crippen LogP contribution in [-0.2, 0) is 0 Å². The minimum absolute atomic E-state index is 0.0933. The van der Waals surface area contributed by atoms with Gasteiger partial charge >= 0.3 is 0 Å². The molecule has 1 atom stereocenters. The predicted molar refractivity (Wildman–Crippen MR) is 57.3 cm³/mol. The molecule has 0 spiro atoms. The molecule has 11 heavy (non-hydrogen) atoms. The molecule has 0 amide bonds. The number of nitrogens with two attached hydrogens (primary N) is 1. The van der Waals surface area contributed by atoms with Crippen molar-refractivity contribution >= 4 is 12.6 Å². The summed E-state index contributed by atoms with van der Waals surface area (Å²) >= 11 is 3.53. The van der Waals surface area contributed by atoms with Gasteiger partial charge in [0, 0.05) is 5.54 Å².